The molecule has 0 aromatic heterocycles. The summed E-state index contributed by atoms with van der Waals surface area (Å²) in [6.45, 7) is 4.85. The second-order valence-electron chi connectivity index (χ2n) is 9.86. The number of nitrogens with one attached hydrogen (secondary N) is 1. The molecule has 3 rings (SSSR count). The molecule has 0 saturated carbocycles. The summed E-state index contributed by atoms with van der Waals surface area (Å²) >= 11 is 6.10. The van der Waals surface area contributed by atoms with E-state index in [-0.39, 0.29) is 37.7 Å². The van der Waals surface area contributed by atoms with Crippen LogP contribution in [0.1, 0.15) is 42.9 Å². The van der Waals surface area contributed by atoms with Gasteiger partial charge in [-0.05, 0) is 54.7 Å². The van der Waals surface area contributed by atoms with Gasteiger partial charge in [0, 0.05) is 37.5 Å². The molecule has 0 aliphatic carbocycles. The molecule has 7 nitrogen and oxygen atoms in total. The molecule has 1 atom stereocenters. The molecule has 1 N–H and O–H groups in total. The number of hydrogen-bond acceptors (Lipinski definition) is 4. The normalized spacial score (nSPS) is 12.0. The lowest BCUT2D eigenvalue weighted by Gasteiger charge is -2.32. The van der Waals surface area contributed by atoms with Crippen LogP contribution in [0.4, 0.5) is 5.69 Å². The van der Waals surface area contributed by atoms with E-state index in [0.29, 0.717) is 23.7 Å². The average molecular weight is 584 g/mol. The molecule has 0 saturated heterocycles. The van der Waals surface area contributed by atoms with Gasteiger partial charge in [-0.3, -0.25) is 13.9 Å². The first-order valence-electron chi connectivity index (χ1n) is 13.5. The Kier molecular flexibility index (Phi) is 11.6. The van der Waals surface area contributed by atoms with E-state index in [0.717, 1.165) is 29.4 Å². The maximum Gasteiger partial charge on any atom is 0.243 e. The maximum atomic E-state index is 13.8. The van der Waals surface area contributed by atoms with Crippen molar-refractivity contribution in [2.75, 3.05) is 23.7 Å². The largest absolute Gasteiger partial charge is 0.354 e. The summed E-state index contributed by atoms with van der Waals surface area (Å²) < 4.78 is 26.4. The second kappa shape index (κ2) is 14.9. The number of nitrogens with zero attached hydrogens (tertiary/aromatic N) is 2. The van der Waals surface area contributed by atoms with Crippen LogP contribution in [-0.2, 0) is 32.6 Å². The molecule has 0 fully saturated rings. The molecule has 0 aliphatic rings. The van der Waals surface area contributed by atoms with Gasteiger partial charge in [0.25, 0.3) is 0 Å². The lowest BCUT2D eigenvalue weighted by atomic mass is 10.0. The Bertz CT molecular complexity index is 1380. The Hall–Kier alpha value is -3.36. The Labute approximate surface area is 243 Å². The molecular weight excluding hydrogens is 546 g/mol. The Morgan fingerprint density at radius 2 is 1.68 bits per heavy atom. The van der Waals surface area contributed by atoms with Crippen LogP contribution in [0.25, 0.3) is 0 Å². The lowest BCUT2D eigenvalue weighted by Crippen LogP contribution is -2.50. The van der Waals surface area contributed by atoms with Crippen molar-refractivity contribution in [3.63, 3.8) is 0 Å². The monoisotopic (exact) mass is 583 g/mol. The predicted molar refractivity (Wildman–Crippen MR) is 162 cm³/mol. The molecule has 0 heterocycles. The van der Waals surface area contributed by atoms with Crippen molar-refractivity contribution >= 4 is 39.1 Å². The fraction of sp³-hybridized carbons (Fsp3) is 0.355. The first kappa shape index (κ1) is 31.2. The van der Waals surface area contributed by atoms with Crippen LogP contribution in [0, 0.1) is 6.92 Å². The topological polar surface area (TPSA) is 86.8 Å². The lowest BCUT2D eigenvalue weighted by molar-refractivity contribution is -0.141. The number of aryl methyl sites for hydroxylation is 1. The summed E-state index contributed by atoms with van der Waals surface area (Å²) in [6.07, 6.45) is 2.63. The van der Waals surface area contributed by atoms with E-state index in [1.54, 1.807) is 29.2 Å². The zero-order valence-electron chi connectivity index (χ0n) is 23.3. The van der Waals surface area contributed by atoms with Crippen molar-refractivity contribution in [1.82, 2.24) is 10.2 Å². The fourth-order valence-electron chi connectivity index (χ4n) is 4.53. The van der Waals surface area contributed by atoms with E-state index in [1.165, 1.54) is 4.31 Å². The van der Waals surface area contributed by atoms with Crippen molar-refractivity contribution in [3.05, 3.63) is 101 Å². The maximum absolute atomic E-state index is 13.8. The molecule has 3 aromatic rings. The number of carbonyl (C=O) groups is 2. The van der Waals surface area contributed by atoms with Crippen molar-refractivity contribution in [2.24, 2.45) is 0 Å². The molecule has 0 bridgehead atoms. The van der Waals surface area contributed by atoms with Crippen LogP contribution in [-0.4, -0.2) is 50.5 Å². The Morgan fingerprint density at radius 1 is 0.975 bits per heavy atom. The molecule has 0 radical (unpaired) electrons. The third-order valence-corrected chi connectivity index (χ3v) is 8.10. The predicted octanol–water partition coefficient (Wildman–Crippen LogP) is 5.36. The first-order chi connectivity index (χ1) is 19.1. The first-order valence-corrected chi connectivity index (χ1v) is 15.7. The number of carbonyl (C=O) groups excluding carboxylic acids is 2. The number of rotatable bonds is 14. The summed E-state index contributed by atoms with van der Waals surface area (Å²) in [5, 5.41) is 3.40. The summed E-state index contributed by atoms with van der Waals surface area (Å²) in [5.41, 5.74) is 3.37. The van der Waals surface area contributed by atoms with E-state index in [9.17, 15) is 18.0 Å². The van der Waals surface area contributed by atoms with Gasteiger partial charge in [0.1, 0.15) is 6.04 Å². The smallest absolute Gasteiger partial charge is 0.243 e. The number of sulfonamides is 1. The SMILES string of the molecule is CCCNC(=O)[C@@H](Cc1ccccc1)N(Cc1ccccc1C)C(=O)CCCN(c1cccc(Cl)c1)S(C)(=O)=O. The van der Waals surface area contributed by atoms with Crippen LogP contribution in [0.3, 0.4) is 0 Å². The summed E-state index contributed by atoms with van der Waals surface area (Å²) in [5.74, 6) is -0.417. The van der Waals surface area contributed by atoms with Crippen LogP contribution < -0.4 is 9.62 Å². The summed E-state index contributed by atoms with van der Waals surface area (Å²) in [4.78, 5) is 28.9. The van der Waals surface area contributed by atoms with Crippen molar-refractivity contribution in [1.29, 1.82) is 0 Å². The van der Waals surface area contributed by atoms with Gasteiger partial charge in [-0.1, -0.05) is 79.2 Å². The molecule has 0 unspecified atom stereocenters. The van der Waals surface area contributed by atoms with Gasteiger partial charge in [0.15, 0.2) is 0 Å². The molecule has 0 spiro atoms. The molecular formula is C31H38ClN3O4S. The Balaban J connectivity index is 1.88. The number of halogens is 1. The van der Waals surface area contributed by atoms with Crippen molar-refractivity contribution < 1.29 is 18.0 Å². The van der Waals surface area contributed by atoms with Crippen LogP contribution in [0.15, 0.2) is 78.9 Å². The second-order valence-corrected chi connectivity index (χ2v) is 12.2. The average Bonchev–Trinajstić information content (AvgIpc) is 2.92. The minimum atomic E-state index is -3.60. The highest BCUT2D eigenvalue weighted by Crippen LogP contribution is 2.23. The highest BCUT2D eigenvalue weighted by atomic mass is 35.5. The van der Waals surface area contributed by atoms with Gasteiger partial charge < -0.3 is 10.2 Å². The number of hydrogen-bond donors (Lipinski definition) is 1. The summed E-state index contributed by atoms with van der Waals surface area (Å²) in [7, 11) is -3.60. The van der Waals surface area contributed by atoms with Crippen LogP contribution in [0.2, 0.25) is 5.02 Å². The number of anilines is 1. The van der Waals surface area contributed by atoms with E-state index in [1.807, 2.05) is 68.4 Å². The molecule has 40 heavy (non-hydrogen) atoms. The van der Waals surface area contributed by atoms with Gasteiger partial charge in [-0.2, -0.15) is 0 Å². The van der Waals surface area contributed by atoms with Gasteiger partial charge in [-0.15, -0.1) is 0 Å². The van der Waals surface area contributed by atoms with Gasteiger partial charge in [0.05, 0.1) is 11.9 Å². The van der Waals surface area contributed by atoms with E-state index < -0.39 is 16.1 Å². The van der Waals surface area contributed by atoms with E-state index >= 15 is 0 Å². The zero-order valence-corrected chi connectivity index (χ0v) is 24.9. The van der Waals surface area contributed by atoms with Gasteiger partial charge >= 0.3 is 0 Å². The van der Waals surface area contributed by atoms with Crippen LogP contribution >= 0.6 is 11.6 Å². The number of benzene rings is 3. The Morgan fingerprint density at radius 3 is 2.33 bits per heavy atom. The third kappa shape index (κ3) is 9.10. The quantitative estimate of drug-likeness (QED) is 0.277. The molecule has 9 heteroatoms. The van der Waals surface area contributed by atoms with Gasteiger partial charge in [0.2, 0.25) is 21.8 Å². The minimum Gasteiger partial charge on any atom is -0.354 e. The van der Waals surface area contributed by atoms with Crippen LogP contribution in [0.5, 0.6) is 0 Å². The van der Waals surface area contributed by atoms with E-state index in [4.69, 9.17) is 11.6 Å². The molecule has 0 aliphatic heterocycles. The highest BCUT2D eigenvalue weighted by Gasteiger charge is 2.30. The van der Waals surface area contributed by atoms with Crippen molar-refractivity contribution in [2.45, 2.75) is 52.1 Å². The molecule has 214 valence electrons. The highest BCUT2D eigenvalue weighted by molar-refractivity contribution is 7.92. The van der Waals surface area contributed by atoms with Crippen molar-refractivity contribution in [3.8, 4) is 0 Å². The van der Waals surface area contributed by atoms with E-state index in [2.05, 4.69) is 5.32 Å². The fourth-order valence-corrected chi connectivity index (χ4v) is 5.67. The molecule has 3 aromatic carbocycles. The zero-order chi connectivity index (χ0) is 29.1. The third-order valence-electron chi connectivity index (χ3n) is 6.67. The number of amides is 2. The van der Waals surface area contributed by atoms with Gasteiger partial charge in [-0.25, -0.2) is 8.42 Å². The molecule has 2 amide bonds. The minimum absolute atomic E-state index is 0.0742. The summed E-state index contributed by atoms with van der Waals surface area (Å²) in [6, 6.07) is 23.4. The standard InChI is InChI=1S/C31H38ClN3O4S/c1-4-19-33-31(37)29(21-25-13-6-5-7-14-25)34(23-26-15-9-8-12-24(26)2)30(36)18-11-20-35(40(3,38)39)28-17-10-16-27(32)22-28/h5-10,12-17,22,29H,4,11,18-21,23H2,1-3H3,(H,33,37)/t29-/m1/s1.